The van der Waals surface area contributed by atoms with E-state index < -0.39 is 0 Å². The Hall–Kier alpha value is -1.31. The van der Waals surface area contributed by atoms with Gasteiger partial charge in [-0.15, -0.1) is 0 Å². The molecule has 1 aromatic carbocycles. The molecule has 1 aliphatic rings. The van der Waals surface area contributed by atoms with E-state index >= 15 is 0 Å². The van der Waals surface area contributed by atoms with Gasteiger partial charge < -0.3 is 5.32 Å². The number of amides is 1. The maximum atomic E-state index is 11.0. The normalized spacial score (nSPS) is 16.2. The Morgan fingerprint density at radius 1 is 1.33 bits per heavy atom. The Morgan fingerprint density at radius 3 is 3.08 bits per heavy atom. The zero-order chi connectivity index (χ0) is 8.39. The first-order valence-corrected chi connectivity index (χ1v) is 3.99. The van der Waals surface area contributed by atoms with Crippen molar-refractivity contribution in [3.05, 3.63) is 36.2 Å². The summed E-state index contributed by atoms with van der Waals surface area (Å²) in [5.74, 6) is -0.111. The maximum Gasteiger partial charge on any atom is 0.232 e. The third kappa shape index (κ3) is 1.33. The SMILES string of the molecule is O=C1[C]CCc2ccccc2N1. The number of anilines is 1. The number of carbonyl (C=O) groups is 1. The fourth-order valence-electron chi connectivity index (χ4n) is 1.34. The van der Waals surface area contributed by atoms with Gasteiger partial charge in [-0.1, -0.05) is 18.2 Å². The first kappa shape index (κ1) is 7.35. The topological polar surface area (TPSA) is 29.1 Å². The molecule has 2 rings (SSSR count). The first-order chi connectivity index (χ1) is 5.86. The van der Waals surface area contributed by atoms with Crippen LogP contribution in [-0.2, 0) is 11.2 Å². The third-order valence-corrected chi connectivity index (χ3v) is 1.95. The van der Waals surface area contributed by atoms with Crippen molar-refractivity contribution in [2.24, 2.45) is 0 Å². The van der Waals surface area contributed by atoms with Crippen LogP contribution in [0.4, 0.5) is 5.69 Å². The number of hydrogen-bond donors (Lipinski definition) is 1. The summed E-state index contributed by atoms with van der Waals surface area (Å²) in [7, 11) is 0. The largest absolute Gasteiger partial charge is 0.325 e. The van der Waals surface area contributed by atoms with Gasteiger partial charge in [0.1, 0.15) is 0 Å². The Kier molecular flexibility index (Phi) is 1.82. The van der Waals surface area contributed by atoms with Crippen LogP contribution >= 0.6 is 0 Å². The first-order valence-electron chi connectivity index (χ1n) is 3.99. The molecule has 0 bridgehead atoms. The second-order valence-electron chi connectivity index (χ2n) is 2.79. The van der Waals surface area contributed by atoms with Gasteiger partial charge in [0, 0.05) is 5.69 Å². The lowest BCUT2D eigenvalue weighted by atomic mass is 10.1. The molecule has 0 spiro atoms. The fraction of sp³-hybridized carbons (Fsp3) is 0.200. The molecule has 0 atom stereocenters. The van der Waals surface area contributed by atoms with E-state index in [4.69, 9.17) is 0 Å². The smallest absolute Gasteiger partial charge is 0.232 e. The summed E-state index contributed by atoms with van der Waals surface area (Å²) in [5, 5.41) is 2.77. The number of carbonyl (C=O) groups excluding carboxylic acids is 1. The summed E-state index contributed by atoms with van der Waals surface area (Å²) in [4.78, 5) is 11.0. The van der Waals surface area contributed by atoms with Gasteiger partial charge in [-0.3, -0.25) is 4.79 Å². The Labute approximate surface area is 71.6 Å². The van der Waals surface area contributed by atoms with Crippen LogP contribution < -0.4 is 5.32 Å². The number of aryl methyl sites for hydroxylation is 1. The van der Waals surface area contributed by atoms with Gasteiger partial charge in [-0.2, -0.15) is 0 Å². The molecule has 1 aromatic rings. The summed E-state index contributed by atoms with van der Waals surface area (Å²) in [5.41, 5.74) is 2.11. The number of para-hydroxylation sites is 1. The molecule has 2 heteroatoms. The fourth-order valence-corrected chi connectivity index (χ4v) is 1.34. The Bertz CT molecular complexity index is 306. The van der Waals surface area contributed by atoms with E-state index in [0.29, 0.717) is 6.42 Å². The van der Waals surface area contributed by atoms with Crippen LogP contribution in [0.5, 0.6) is 0 Å². The minimum absolute atomic E-state index is 0.111. The summed E-state index contributed by atoms with van der Waals surface area (Å²) >= 11 is 0. The number of benzene rings is 1. The zero-order valence-corrected chi connectivity index (χ0v) is 6.63. The average molecular weight is 159 g/mol. The van der Waals surface area contributed by atoms with E-state index in [1.165, 1.54) is 5.56 Å². The lowest BCUT2D eigenvalue weighted by Crippen LogP contribution is -2.09. The highest BCUT2D eigenvalue weighted by Crippen LogP contribution is 2.20. The lowest BCUT2D eigenvalue weighted by molar-refractivity contribution is -0.113. The molecule has 0 fully saturated rings. The highest BCUT2D eigenvalue weighted by atomic mass is 16.1. The van der Waals surface area contributed by atoms with Crippen LogP contribution in [0, 0.1) is 6.42 Å². The molecular formula is C10H9NO. The molecule has 60 valence electrons. The lowest BCUT2D eigenvalue weighted by Gasteiger charge is -2.03. The molecule has 2 radical (unpaired) electrons. The van der Waals surface area contributed by atoms with Crippen LogP contribution in [0.2, 0.25) is 0 Å². The Balaban J connectivity index is 2.37. The molecule has 0 aromatic heterocycles. The standard InChI is InChI=1S/C10H9NO/c12-10-7-3-5-8-4-1-2-6-9(8)11-10/h1-2,4,6H,3,5H2,(H,11,12). The summed E-state index contributed by atoms with van der Waals surface area (Å²) in [6, 6.07) is 7.85. The summed E-state index contributed by atoms with van der Waals surface area (Å²) < 4.78 is 0. The van der Waals surface area contributed by atoms with Gasteiger partial charge in [0.2, 0.25) is 5.91 Å². The van der Waals surface area contributed by atoms with Crippen LogP contribution in [0.3, 0.4) is 0 Å². The molecule has 1 heterocycles. The van der Waals surface area contributed by atoms with Crippen molar-refractivity contribution in [1.29, 1.82) is 0 Å². The zero-order valence-electron chi connectivity index (χ0n) is 6.63. The van der Waals surface area contributed by atoms with Gasteiger partial charge >= 0.3 is 0 Å². The van der Waals surface area contributed by atoms with Crippen molar-refractivity contribution >= 4 is 11.6 Å². The van der Waals surface area contributed by atoms with Gasteiger partial charge in [-0.05, 0) is 24.5 Å². The molecule has 0 saturated carbocycles. The Morgan fingerprint density at radius 2 is 2.17 bits per heavy atom. The van der Waals surface area contributed by atoms with Crippen molar-refractivity contribution in [2.45, 2.75) is 12.8 Å². The van der Waals surface area contributed by atoms with Crippen molar-refractivity contribution in [3.8, 4) is 0 Å². The quantitative estimate of drug-likeness (QED) is 0.612. The van der Waals surface area contributed by atoms with Gasteiger partial charge in [0.25, 0.3) is 0 Å². The van der Waals surface area contributed by atoms with Gasteiger partial charge in [-0.25, -0.2) is 0 Å². The number of hydrogen-bond acceptors (Lipinski definition) is 1. The highest BCUT2D eigenvalue weighted by molar-refractivity contribution is 5.98. The minimum Gasteiger partial charge on any atom is -0.325 e. The van der Waals surface area contributed by atoms with Crippen molar-refractivity contribution < 1.29 is 4.79 Å². The molecule has 0 saturated heterocycles. The second-order valence-corrected chi connectivity index (χ2v) is 2.79. The summed E-state index contributed by atoms with van der Waals surface area (Å²) in [6.07, 6.45) is 4.35. The van der Waals surface area contributed by atoms with Gasteiger partial charge in [0.15, 0.2) is 0 Å². The van der Waals surface area contributed by atoms with Crippen molar-refractivity contribution in [2.75, 3.05) is 5.32 Å². The highest BCUT2D eigenvalue weighted by Gasteiger charge is 2.11. The molecular weight excluding hydrogens is 150 g/mol. The monoisotopic (exact) mass is 159 g/mol. The van der Waals surface area contributed by atoms with Crippen LogP contribution in [0.25, 0.3) is 0 Å². The van der Waals surface area contributed by atoms with E-state index in [1.54, 1.807) is 0 Å². The molecule has 1 N–H and O–H groups in total. The van der Waals surface area contributed by atoms with E-state index in [-0.39, 0.29) is 5.91 Å². The molecule has 2 nitrogen and oxygen atoms in total. The van der Waals surface area contributed by atoms with E-state index in [1.807, 2.05) is 24.3 Å². The predicted octanol–water partition coefficient (Wildman–Crippen LogP) is 1.65. The molecule has 12 heavy (non-hydrogen) atoms. The summed E-state index contributed by atoms with van der Waals surface area (Å²) in [6.45, 7) is 0. The van der Waals surface area contributed by atoms with Crippen LogP contribution in [0.1, 0.15) is 12.0 Å². The van der Waals surface area contributed by atoms with Crippen molar-refractivity contribution in [3.63, 3.8) is 0 Å². The maximum absolute atomic E-state index is 11.0. The molecule has 0 unspecified atom stereocenters. The number of rotatable bonds is 0. The van der Waals surface area contributed by atoms with E-state index in [9.17, 15) is 4.79 Å². The average Bonchev–Trinajstić information content (AvgIpc) is 2.25. The van der Waals surface area contributed by atoms with Crippen molar-refractivity contribution in [1.82, 2.24) is 0 Å². The number of nitrogens with one attached hydrogen (secondary N) is 1. The number of fused-ring (bicyclic) bond motifs is 1. The van der Waals surface area contributed by atoms with E-state index in [0.717, 1.165) is 12.1 Å². The van der Waals surface area contributed by atoms with Crippen LogP contribution in [0.15, 0.2) is 24.3 Å². The predicted molar refractivity (Wildman–Crippen MR) is 46.6 cm³/mol. The molecule has 1 amide bonds. The minimum atomic E-state index is -0.111. The van der Waals surface area contributed by atoms with E-state index in [2.05, 4.69) is 11.7 Å². The second kappa shape index (κ2) is 2.97. The van der Waals surface area contributed by atoms with Gasteiger partial charge in [0.05, 0.1) is 6.42 Å². The van der Waals surface area contributed by atoms with Crippen LogP contribution in [-0.4, -0.2) is 5.91 Å². The third-order valence-electron chi connectivity index (χ3n) is 1.95. The molecule has 1 aliphatic heterocycles. The molecule has 0 aliphatic carbocycles.